The highest BCUT2D eigenvalue weighted by molar-refractivity contribution is 5.27. The highest BCUT2D eigenvalue weighted by atomic mass is 16.3. The molecule has 1 aromatic rings. The Labute approximate surface area is 114 Å². The second-order valence-electron chi connectivity index (χ2n) is 5.85. The summed E-state index contributed by atoms with van der Waals surface area (Å²) in [5.41, 5.74) is 1.73. The normalized spacial score (nSPS) is 27.4. The Bertz CT molecular complexity index is 449. The first kappa shape index (κ1) is 12.9. The lowest BCUT2D eigenvalue weighted by molar-refractivity contribution is 0.166. The van der Waals surface area contributed by atoms with Crippen LogP contribution in [0.3, 0.4) is 0 Å². The van der Waals surface area contributed by atoms with Crippen molar-refractivity contribution in [1.82, 2.24) is 15.2 Å². The van der Waals surface area contributed by atoms with Crippen molar-refractivity contribution in [2.75, 3.05) is 13.1 Å². The van der Waals surface area contributed by atoms with E-state index in [1.54, 1.807) is 6.07 Å². The summed E-state index contributed by atoms with van der Waals surface area (Å²) in [4.78, 5) is 7.03. The van der Waals surface area contributed by atoms with Gasteiger partial charge in [-0.2, -0.15) is 0 Å². The molecule has 2 atom stereocenters. The minimum absolute atomic E-state index is 0.302. The number of nitrogens with one attached hydrogen (secondary N) is 1. The Hall–Kier alpha value is -1.13. The van der Waals surface area contributed by atoms with Gasteiger partial charge in [0.05, 0.1) is 5.69 Å². The average Bonchev–Trinajstić information content (AvgIpc) is 2.87. The van der Waals surface area contributed by atoms with Gasteiger partial charge in [0.15, 0.2) is 0 Å². The maximum Gasteiger partial charge on any atom is 0.138 e. The zero-order valence-corrected chi connectivity index (χ0v) is 11.6. The van der Waals surface area contributed by atoms with Gasteiger partial charge < -0.3 is 15.3 Å². The standard InChI is InChI=1S/C15H23N3O/c1-11-4-5-15(19)14(17-11)10-16-12-6-8-18-7-2-3-13(18)9-12/h4-5,12-13,16,19H,2-3,6-10H2,1H3. The van der Waals surface area contributed by atoms with Crippen LogP contribution < -0.4 is 5.32 Å². The van der Waals surface area contributed by atoms with E-state index in [2.05, 4.69) is 15.2 Å². The van der Waals surface area contributed by atoms with Crippen LogP contribution in [0.5, 0.6) is 5.75 Å². The third-order valence-electron chi connectivity index (χ3n) is 4.47. The van der Waals surface area contributed by atoms with E-state index in [1.807, 2.05) is 13.0 Å². The van der Waals surface area contributed by atoms with Crippen LogP contribution in [0.15, 0.2) is 12.1 Å². The highest BCUT2D eigenvalue weighted by Gasteiger charge is 2.31. The highest BCUT2D eigenvalue weighted by Crippen LogP contribution is 2.27. The van der Waals surface area contributed by atoms with E-state index in [4.69, 9.17) is 0 Å². The maximum absolute atomic E-state index is 9.80. The summed E-state index contributed by atoms with van der Waals surface area (Å²) < 4.78 is 0. The molecule has 3 heterocycles. The van der Waals surface area contributed by atoms with Crippen LogP contribution in [0, 0.1) is 6.92 Å². The van der Waals surface area contributed by atoms with Crippen molar-refractivity contribution >= 4 is 0 Å². The Morgan fingerprint density at radius 3 is 3.16 bits per heavy atom. The molecule has 104 valence electrons. The molecule has 0 amide bonds. The number of hydrogen-bond acceptors (Lipinski definition) is 4. The van der Waals surface area contributed by atoms with Crippen LogP contribution in [0.4, 0.5) is 0 Å². The van der Waals surface area contributed by atoms with E-state index in [0.717, 1.165) is 17.4 Å². The molecule has 2 saturated heterocycles. The topological polar surface area (TPSA) is 48.4 Å². The van der Waals surface area contributed by atoms with Crippen LogP contribution in [-0.2, 0) is 6.54 Å². The fourth-order valence-electron chi connectivity index (χ4n) is 3.38. The maximum atomic E-state index is 9.80. The van der Waals surface area contributed by atoms with E-state index in [9.17, 15) is 5.11 Å². The molecule has 4 heteroatoms. The number of aryl methyl sites for hydroxylation is 1. The molecule has 2 N–H and O–H groups in total. The van der Waals surface area contributed by atoms with Crippen LogP contribution in [-0.4, -0.2) is 40.2 Å². The van der Waals surface area contributed by atoms with Gasteiger partial charge in [-0.05, 0) is 57.8 Å². The fourth-order valence-corrected chi connectivity index (χ4v) is 3.38. The second-order valence-corrected chi connectivity index (χ2v) is 5.85. The molecule has 0 aliphatic carbocycles. The van der Waals surface area contributed by atoms with Gasteiger partial charge in [0.1, 0.15) is 5.75 Å². The third-order valence-corrected chi connectivity index (χ3v) is 4.47. The van der Waals surface area contributed by atoms with Crippen molar-refractivity contribution < 1.29 is 5.11 Å². The summed E-state index contributed by atoms with van der Waals surface area (Å²) in [5, 5.41) is 13.4. The van der Waals surface area contributed by atoms with Gasteiger partial charge >= 0.3 is 0 Å². The predicted octanol–water partition coefficient (Wildman–Crippen LogP) is 1.81. The lowest BCUT2D eigenvalue weighted by Gasteiger charge is -2.35. The molecule has 2 aliphatic rings. The Morgan fingerprint density at radius 2 is 2.26 bits per heavy atom. The van der Waals surface area contributed by atoms with E-state index in [1.165, 1.54) is 38.8 Å². The monoisotopic (exact) mass is 261 g/mol. The van der Waals surface area contributed by atoms with Crippen molar-refractivity contribution in [3.05, 3.63) is 23.5 Å². The molecule has 0 radical (unpaired) electrons. The molecule has 2 unspecified atom stereocenters. The number of aromatic hydroxyl groups is 1. The minimum Gasteiger partial charge on any atom is -0.506 e. The molecule has 1 aromatic heterocycles. The van der Waals surface area contributed by atoms with Crippen LogP contribution in [0.25, 0.3) is 0 Å². The molecular weight excluding hydrogens is 238 g/mol. The number of hydrogen-bond donors (Lipinski definition) is 2. The van der Waals surface area contributed by atoms with E-state index in [0.29, 0.717) is 18.3 Å². The Balaban J connectivity index is 1.56. The average molecular weight is 261 g/mol. The summed E-state index contributed by atoms with van der Waals surface area (Å²) in [6, 6.07) is 4.93. The zero-order valence-electron chi connectivity index (χ0n) is 11.6. The van der Waals surface area contributed by atoms with Gasteiger partial charge in [-0.15, -0.1) is 0 Å². The summed E-state index contributed by atoms with van der Waals surface area (Å²) in [6.07, 6.45) is 5.17. The number of pyridine rings is 1. The number of piperidine rings is 1. The summed E-state index contributed by atoms with van der Waals surface area (Å²) in [5.74, 6) is 0.302. The number of nitrogens with zero attached hydrogens (tertiary/aromatic N) is 2. The molecule has 19 heavy (non-hydrogen) atoms. The molecule has 0 bridgehead atoms. The first-order chi connectivity index (χ1) is 9.22. The first-order valence-electron chi connectivity index (χ1n) is 7.35. The molecule has 2 aliphatic heterocycles. The predicted molar refractivity (Wildman–Crippen MR) is 75.1 cm³/mol. The Morgan fingerprint density at radius 1 is 1.37 bits per heavy atom. The van der Waals surface area contributed by atoms with Crippen molar-refractivity contribution in [3.63, 3.8) is 0 Å². The van der Waals surface area contributed by atoms with Crippen molar-refractivity contribution in [2.24, 2.45) is 0 Å². The molecule has 4 nitrogen and oxygen atoms in total. The number of fused-ring (bicyclic) bond motifs is 1. The third kappa shape index (κ3) is 2.90. The molecule has 0 saturated carbocycles. The van der Waals surface area contributed by atoms with Crippen LogP contribution in [0.1, 0.15) is 37.1 Å². The van der Waals surface area contributed by atoms with Crippen molar-refractivity contribution in [2.45, 2.75) is 51.2 Å². The molecule has 0 aromatic carbocycles. The zero-order chi connectivity index (χ0) is 13.2. The number of aromatic nitrogens is 1. The smallest absolute Gasteiger partial charge is 0.138 e. The van der Waals surface area contributed by atoms with E-state index < -0.39 is 0 Å². The fraction of sp³-hybridized carbons (Fsp3) is 0.667. The van der Waals surface area contributed by atoms with Gasteiger partial charge in [-0.25, -0.2) is 0 Å². The van der Waals surface area contributed by atoms with E-state index in [-0.39, 0.29) is 0 Å². The molecule has 3 rings (SSSR count). The lowest BCUT2D eigenvalue weighted by atomic mass is 9.97. The van der Waals surface area contributed by atoms with Gasteiger partial charge in [0.25, 0.3) is 0 Å². The SMILES string of the molecule is Cc1ccc(O)c(CNC2CCN3CCCC3C2)n1. The second kappa shape index (κ2) is 5.47. The molecule has 0 spiro atoms. The van der Waals surface area contributed by atoms with Crippen molar-refractivity contribution in [1.29, 1.82) is 0 Å². The van der Waals surface area contributed by atoms with E-state index >= 15 is 0 Å². The molecular formula is C15H23N3O. The van der Waals surface area contributed by atoms with Crippen LogP contribution >= 0.6 is 0 Å². The quantitative estimate of drug-likeness (QED) is 0.871. The largest absolute Gasteiger partial charge is 0.506 e. The molecule has 2 fully saturated rings. The van der Waals surface area contributed by atoms with Crippen molar-refractivity contribution in [3.8, 4) is 5.75 Å². The number of rotatable bonds is 3. The lowest BCUT2D eigenvalue weighted by Crippen LogP contribution is -2.45. The summed E-state index contributed by atoms with van der Waals surface area (Å²) >= 11 is 0. The van der Waals surface area contributed by atoms with Gasteiger partial charge in [0.2, 0.25) is 0 Å². The van der Waals surface area contributed by atoms with Gasteiger partial charge in [-0.3, -0.25) is 4.98 Å². The van der Waals surface area contributed by atoms with Gasteiger partial charge in [0, 0.05) is 24.3 Å². The van der Waals surface area contributed by atoms with Gasteiger partial charge in [-0.1, -0.05) is 0 Å². The summed E-state index contributed by atoms with van der Waals surface area (Å²) in [7, 11) is 0. The first-order valence-corrected chi connectivity index (χ1v) is 7.35. The Kier molecular flexibility index (Phi) is 3.71. The van der Waals surface area contributed by atoms with Crippen LogP contribution in [0.2, 0.25) is 0 Å². The minimum atomic E-state index is 0.302. The summed E-state index contributed by atoms with van der Waals surface area (Å²) in [6.45, 7) is 5.14.